The lowest BCUT2D eigenvalue weighted by Gasteiger charge is -1.99. The Morgan fingerprint density at radius 1 is 1.25 bits per heavy atom. The van der Waals surface area contributed by atoms with Gasteiger partial charge < -0.3 is 4.57 Å². The van der Waals surface area contributed by atoms with Crippen LogP contribution in [0.25, 0.3) is 10.2 Å². The molecule has 24 heavy (non-hydrogen) atoms. The van der Waals surface area contributed by atoms with Crippen LogP contribution in [0.2, 0.25) is 5.02 Å². The van der Waals surface area contributed by atoms with Crippen LogP contribution in [0.3, 0.4) is 0 Å². The van der Waals surface area contributed by atoms with E-state index in [1.54, 1.807) is 23.1 Å². The maximum absolute atomic E-state index is 12.1. The summed E-state index contributed by atoms with van der Waals surface area (Å²) in [5.41, 5.74) is 2.31. The van der Waals surface area contributed by atoms with E-state index in [0.29, 0.717) is 12.2 Å². The van der Waals surface area contributed by atoms with Crippen molar-refractivity contribution in [3.05, 3.63) is 57.9 Å². The molecule has 0 atom stereocenters. The monoisotopic (exact) mass is 376 g/mol. The van der Waals surface area contributed by atoms with Crippen LogP contribution in [-0.2, 0) is 11.8 Å². The summed E-state index contributed by atoms with van der Waals surface area (Å²) in [6.07, 6.45) is 0.417. The molecule has 1 aromatic heterocycles. The molecule has 6 heteroatoms. The summed E-state index contributed by atoms with van der Waals surface area (Å²) in [5.74, 6) is 0.618. The highest BCUT2D eigenvalue weighted by molar-refractivity contribution is 7.99. The zero-order chi connectivity index (χ0) is 17.1. The number of amides is 1. The van der Waals surface area contributed by atoms with Gasteiger partial charge in [-0.1, -0.05) is 29.0 Å². The highest BCUT2D eigenvalue weighted by Gasteiger charge is 2.06. The molecule has 3 nitrogen and oxygen atoms in total. The number of halogens is 1. The van der Waals surface area contributed by atoms with Gasteiger partial charge in [-0.25, -0.2) is 0 Å². The Balaban J connectivity index is 1.68. The van der Waals surface area contributed by atoms with Crippen LogP contribution < -0.4 is 4.80 Å². The molecule has 3 aromatic rings. The van der Waals surface area contributed by atoms with Crippen LogP contribution in [-0.4, -0.2) is 16.2 Å². The van der Waals surface area contributed by atoms with Gasteiger partial charge in [0.1, 0.15) is 0 Å². The fourth-order valence-electron chi connectivity index (χ4n) is 2.30. The molecule has 3 rings (SSSR count). The molecule has 0 aliphatic heterocycles. The van der Waals surface area contributed by atoms with Crippen molar-refractivity contribution in [2.75, 3.05) is 5.75 Å². The first kappa shape index (κ1) is 17.3. The smallest absolute Gasteiger partial charge is 0.249 e. The Labute approximate surface area is 154 Å². The summed E-state index contributed by atoms with van der Waals surface area (Å²) < 4.78 is 3.13. The molecule has 0 bridgehead atoms. The number of thiazole rings is 1. The van der Waals surface area contributed by atoms with Gasteiger partial charge >= 0.3 is 0 Å². The number of rotatable bonds is 4. The van der Waals surface area contributed by atoms with Crippen molar-refractivity contribution in [3.8, 4) is 0 Å². The predicted octanol–water partition coefficient (Wildman–Crippen LogP) is 4.81. The van der Waals surface area contributed by atoms with Crippen molar-refractivity contribution >= 4 is 50.8 Å². The molecule has 124 valence electrons. The average Bonchev–Trinajstić information content (AvgIpc) is 2.84. The van der Waals surface area contributed by atoms with Crippen molar-refractivity contribution < 1.29 is 4.79 Å². The molecule has 0 spiro atoms. The first-order valence-electron chi connectivity index (χ1n) is 7.55. The maximum atomic E-state index is 12.1. The van der Waals surface area contributed by atoms with Gasteiger partial charge in [0.05, 0.1) is 10.2 Å². The van der Waals surface area contributed by atoms with Crippen LogP contribution >= 0.6 is 34.7 Å². The topological polar surface area (TPSA) is 34.4 Å². The number of aromatic nitrogens is 1. The summed E-state index contributed by atoms with van der Waals surface area (Å²) >= 11 is 9.05. The summed E-state index contributed by atoms with van der Waals surface area (Å²) in [6, 6.07) is 13.9. The molecule has 0 N–H and O–H groups in total. The summed E-state index contributed by atoms with van der Waals surface area (Å²) in [6.45, 7) is 2.06. The van der Waals surface area contributed by atoms with Crippen molar-refractivity contribution in [1.29, 1.82) is 0 Å². The minimum absolute atomic E-state index is 0.0876. The maximum Gasteiger partial charge on any atom is 0.249 e. The lowest BCUT2D eigenvalue weighted by atomic mass is 10.2. The van der Waals surface area contributed by atoms with Gasteiger partial charge in [-0.05, 0) is 48.9 Å². The quantitative estimate of drug-likeness (QED) is 0.612. The SMILES string of the molecule is Cc1ccc2c(c1)sc(=NC(=O)CCSc1ccc(Cl)cc1)n2C. The third-order valence-electron chi connectivity index (χ3n) is 3.58. The molecule has 0 saturated carbocycles. The molecule has 0 fully saturated rings. The van der Waals surface area contributed by atoms with Crippen molar-refractivity contribution in [1.82, 2.24) is 4.57 Å². The lowest BCUT2D eigenvalue weighted by Crippen LogP contribution is -2.13. The molecule has 1 amide bonds. The molecule has 0 aliphatic rings. The Morgan fingerprint density at radius 3 is 2.75 bits per heavy atom. The number of nitrogens with zero attached hydrogens (tertiary/aromatic N) is 2. The normalized spacial score (nSPS) is 12.0. The number of fused-ring (bicyclic) bond motifs is 1. The van der Waals surface area contributed by atoms with Gasteiger partial charge in [-0.3, -0.25) is 4.79 Å². The second kappa shape index (κ2) is 7.55. The number of thioether (sulfide) groups is 1. The third kappa shape index (κ3) is 4.09. The Kier molecular flexibility index (Phi) is 5.43. The molecule has 1 heterocycles. The van der Waals surface area contributed by atoms with Crippen LogP contribution in [0, 0.1) is 6.92 Å². The predicted molar refractivity (Wildman–Crippen MR) is 103 cm³/mol. The zero-order valence-electron chi connectivity index (χ0n) is 13.5. The third-order valence-corrected chi connectivity index (χ3v) is 5.94. The highest BCUT2D eigenvalue weighted by Crippen LogP contribution is 2.21. The Hall–Kier alpha value is -1.56. The number of carbonyl (C=O) groups is 1. The van der Waals surface area contributed by atoms with Gasteiger partial charge in [0.25, 0.3) is 0 Å². The number of hydrogen-bond donors (Lipinski definition) is 0. The van der Waals surface area contributed by atoms with Crippen molar-refractivity contribution in [2.45, 2.75) is 18.2 Å². The fourth-order valence-corrected chi connectivity index (χ4v) is 4.40. The zero-order valence-corrected chi connectivity index (χ0v) is 15.8. The number of carbonyl (C=O) groups excluding carboxylic acids is 1. The average molecular weight is 377 g/mol. The molecular formula is C18H17ClN2OS2. The van der Waals surface area contributed by atoms with E-state index in [0.717, 1.165) is 24.9 Å². The van der Waals surface area contributed by atoms with Crippen molar-refractivity contribution in [2.24, 2.45) is 12.0 Å². The van der Waals surface area contributed by atoms with E-state index in [1.165, 1.54) is 5.56 Å². The highest BCUT2D eigenvalue weighted by atomic mass is 35.5. The number of benzene rings is 2. The van der Waals surface area contributed by atoms with Crippen LogP contribution in [0.5, 0.6) is 0 Å². The second-order valence-electron chi connectivity index (χ2n) is 5.47. The van der Waals surface area contributed by atoms with E-state index < -0.39 is 0 Å². The van der Waals surface area contributed by atoms with Gasteiger partial charge in [0.15, 0.2) is 4.80 Å². The summed E-state index contributed by atoms with van der Waals surface area (Å²) in [7, 11) is 1.95. The molecule has 0 aliphatic carbocycles. The van der Waals surface area contributed by atoms with Gasteiger partial charge in [-0.2, -0.15) is 4.99 Å². The molecule has 0 unspecified atom stereocenters. The minimum atomic E-state index is -0.0876. The minimum Gasteiger partial charge on any atom is -0.319 e. The molecule has 2 aromatic carbocycles. The van der Waals surface area contributed by atoms with E-state index >= 15 is 0 Å². The van der Waals surface area contributed by atoms with Gasteiger partial charge in [0.2, 0.25) is 5.91 Å². The van der Waals surface area contributed by atoms with Crippen LogP contribution in [0.1, 0.15) is 12.0 Å². The largest absolute Gasteiger partial charge is 0.319 e. The van der Waals surface area contributed by atoms with Gasteiger partial charge in [-0.15, -0.1) is 11.8 Å². The first-order chi connectivity index (χ1) is 11.5. The first-order valence-corrected chi connectivity index (χ1v) is 9.73. The Bertz CT molecular complexity index is 942. The van der Waals surface area contributed by atoms with E-state index in [1.807, 2.05) is 35.9 Å². The van der Waals surface area contributed by atoms with E-state index in [-0.39, 0.29) is 5.91 Å². The van der Waals surface area contributed by atoms with E-state index in [2.05, 4.69) is 30.1 Å². The fraction of sp³-hybridized carbons (Fsp3) is 0.222. The second-order valence-corrected chi connectivity index (χ2v) is 8.09. The standard InChI is InChI=1S/C18H17ClN2OS2/c1-12-3-8-15-16(11-12)24-18(21(15)2)20-17(22)9-10-23-14-6-4-13(19)5-7-14/h3-8,11H,9-10H2,1-2H3. The number of hydrogen-bond acceptors (Lipinski definition) is 3. The molecule has 0 radical (unpaired) electrons. The van der Waals surface area contributed by atoms with Crippen LogP contribution in [0.15, 0.2) is 52.4 Å². The van der Waals surface area contributed by atoms with Gasteiger partial charge in [0, 0.05) is 29.1 Å². The molecular weight excluding hydrogens is 360 g/mol. The number of aryl methyl sites for hydroxylation is 2. The summed E-state index contributed by atoms with van der Waals surface area (Å²) in [5, 5.41) is 0.720. The molecule has 0 saturated heterocycles. The van der Waals surface area contributed by atoms with Crippen LogP contribution in [0.4, 0.5) is 0 Å². The Morgan fingerprint density at radius 2 is 2.00 bits per heavy atom. The summed E-state index contributed by atoms with van der Waals surface area (Å²) in [4.78, 5) is 18.3. The van der Waals surface area contributed by atoms with Crippen molar-refractivity contribution in [3.63, 3.8) is 0 Å². The van der Waals surface area contributed by atoms with E-state index in [9.17, 15) is 4.79 Å². The van der Waals surface area contributed by atoms with E-state index in [4.69, 9.17) is 11.6 Å². The lowest BCUT2D eigenvalue weighted by molar-refractivity contribution is -0.117.